The highest BCUT2D eigenvalue weighted by Crippen LogP contribution is 2.89. The molecule has 5 aliphatic carbocycles. The molecule has 0 nitrogen and oxygen atoms in total. The molecule has 4 bridgehead atoms. The van der Waals surface area contributed by atoms with E-state index in [1.54, 1.807) is 0 Å². The van der Waals surface area contributed by atoms with E-state index in [-0.39, 0.29) is 40.2 Å². The topological polar surface area (TPSA) is 0 Å². The van der Waals surface area contributed by atoms with Gasteiger partial charge in [-0.2, -0.15) is 0 Å². The molecule has 0 N–H and O–H groups in total. The fourth-order valence-corrected chi connectivity index (χ4v) is 14.2. The van der Waals surface area contributed by atoms with Crippen LogP contribution >= 0.6 is 186 Å². The van der Waals surface area contributed by atoms with Gasteiger partial charge in [0.25, 0.3) is 0 Å². The van der Waals surface area contributed by atoms with E-state index in [4.69, 9.17) is 186 Å². The molecule has 1 aromatic carbocycles. The van der Waals surface area contributed by atoms with E-state index in [2.05, 4.69) is 0 Å². The van der Waals surface area contributed by atoms with Crippen LogP contribution < -0.4 is 0 Å². The smallest absolute Gasteiger partial charge is 0.109 e. The minimum atomic E-state index is -2.00. The van der Waals surface area contributed by atoms with Gasteiger partial charge in [-0.3, -0.25) is 0 Å². The van der Waals surface area contributed by atoms with E-state index in [0.717, 1.165) is 0 Å². The maximum atomic E-state index is 7.28. The van der Waals surface area contributed by atoms with Crippen LogP contribution in [-0.4, -0.2) is 28.2 Å². The summed E-state index contributed by atoms with van der Waals surface area (Å²) >= 11 is 110. The van der Waals surface area contributed by atoms with Crippen molar-refractivity contribution in [3.05, 3.63) is 51.3 Å². The van der Waals surface area contributed by atoms with Crippen LogP contribution in [0.1, 0.15) is 23.0 Å². The molecular weight excluding hydrogens is 807 g/mol. The molecule has 0 spiro atoms. The first-order valence-electron chi connectivity index (χ1n) is 9.76. The van der Waals surface area contributed by atoms with Gasteiger partial charge in [0, 0.05) is 23.7 Å². The maximum absolute atomic E-state index is 7.28. The van der Waals surface area contributed by atoms with Crippen LogP contribution in [-0.2, 0) is 0 Å². The average molecular weight is 811 g/mol. The highest BCUT2D eigenvalue weighted by atomic mass is 35.5. The van der Waals surface area contributed by atoms with Gasteiger partial charge in [0.2, 0.25) is 0 Å². The molecule has 1 aromatic rings. The molecule has 0 radical (unpaired) electrons. The highest BCUT2D eigenvalue weighted by Gasteiger charge is 2.92. The van der Waals surface area contributed by atoms with Gasteiger partial charge >= 0.3 is 0 Å². The summed E-state index contributed by atoms with van der Waals surface area (Å²) in [5.41, 5.74) is 0.593. The van der Waals surface area contributed by atoms with E-state index < -0.39 is 51.8 Å². The Morgan fingerprint density at radius 2 is 0.611 bits per heavy atom. The molecule has 0 saturated heterocycles. The Kier molecular flexibility index (Phi) is 6.60. The monoisotopic (exact) mass is 804 g/mol. The summed E-state index contributed by atoms with van der Waals surface area (Å²) in [6, 6.07) is 0. The van der Waals surface area contributed by atoms with Crippen molar-refractivity contribution in [2.75, 3.05) is 0 Å². The lowest BCUT2D eigenvalue weighted by Gasteiger charge is -2.53. The number of hydrogen-bond donors (Lipinski definition) is 0. The molecule has 8 atom stereocenters. The van der Waals surface area contributed by atoms with Crippen molar-refractivity contribution < 1.29 is 0 Å². The van der Waals surface area contributed by atoms with E-state index in [0.29, 0.717) is 11.1 Å². The molecule has 0 amide bonds. The second kappa shape index (κ2) is 8.08. The number of halogens is 16. The minimum Gasteiger partial charge on any atom is -0.109 e. The van der Waals surface area contributed by atoms with Crippen LogP contribution in [0.15, 0.2) is 20.1 Å². The largest absolute Gasteiger partial charge is 0.167 e. The van der Waals surface area contributed by atoms with E-state index >= 15 is 0 Å². The first-order valence-corrected chi connectivity index (χ1v) is 15.8. The summed E-state index contributed by atoms with van der Waals surface area (Å²) in [6.07, 6.45) is 0. The third-order valence-electron chi connectivity index (χ3n) is 8.34. The van der Waals surface area contributed by atoms with Crippen LogP contribution in [0.3, 0.4) is 0 Å². The first kappa shape index (κ1) is 29.4. The van der Waals surface area contributed by atoms with Crippen LogP contribution in [0.5, 0.6) is 0 Å². The van der Waals surface area contributed by atoms with Gasteiger partial charge in [0.15, 0.2) is 8.67 Å². The van der Waals surface area contributed by atoms with Crippen LogP contribution in [0.2, 0.25) is 20.1 Å². The fourth-order valence-electron chi connectivity index (χ4n) is 6.99. The lowest BCUT2D eigenvalue weighted by Crippen LogP contribution is -2.53. The molecule has 2 fully saturated rings. The SMILES string of the molecule is ClC1=C(Cl)[C@@]2(Cl)[C@H]3c4c(Cl)c(Cl)c(Cl)c(Cl)c4[C@H]4[C@@H]([C@@H]3[C@@]1(Cl)C2(Cl)Cl)[C@@]1(Cl)C(Cl)=C(Cl)[C@@]4(Cl)C1(Cl)Cl. The van der Waals surface area contributed by atoms with Crippen LogP contribution in [0, 0.1) is 11.8 Å². The normalized spacial score (nSPS) is 47.0. The number of alkyl halides is 8. The second-order valence-electron chi connectivity index (χ2n) is 9.34. The average Bonchev–Trinajstić information content (AvgIpc) is 3.15. The molecule has 0 aromatic heterocycles. The Balaban J connectivity index is 1.86. The quantitative estimate of drug-likeness (QED) is 0.139. The predicted molar refractivity (Wildman–Crippen MR) is 160 cm³/mol. The number of benzene rings is 1. The molecule has 0 heterocycles. The van der Waals surface area contributed by atoms with E-state index in [9.17, 15) is 0 Å². The molecule has 196 valence electrons. The minimum absolute atomic E-state index is 0.000290. The van der Waals surface area contributed by atoms with Gasteiger partial charge in [-0.1, -0.05) is 139 Å². The summed E-state index contributed by atoms with van der Waals surface area (Å²) in [5, 5.41) is -0.425. The van der Waals surface area contributed by atoms with Gasteiger partial charge in [-0.25, -0.2) is 0 Å². The van der Waals surface area contributed by atoms with Crippen molar-refractivity contribution in [2.45, 2.75) is 40.0 Å². The van der Waals surface area contributed by atoms with Gasteiger partial charge in [-0.05, 0) is 11.1 Å². The molecule has 5 aliphatic rings. The van der Waals surface area contributed by atoms with Crippen molar-refractivity contribution in [3.8, 4) is 0 Å². The Morgan fingerprint density at radius 3 is 0.889 bits per heavy atom. The number of allylic oxidation sites excluding steroid dienone is 4. The lowest BCUT2D eigenvalue weighted by molar-refractivity contribution is 0.201. The zero-order valence-corrected chi connectivity index (χ0v) is 28.5. The maximum Gasteiger partial charge on any atom is 0.167 e. The summed E-state index contributed by atoms with van der Waals surface area (Å²) in [7, 11) is 0. The summed E-state index contributed by atoms with van der Waals surface area (Å²) in [4.78, 5) is -7.28. The number of rotatable bonds is 0. The summed E-state index contributed by atoms with van der Waals surface area (Å²) < 4.78 is -4.01. The van der Waals surface area contributed by atoms with Crippen molar-refractivity contribution in [1.29, 1.82) is 0 Å². The predicted octanol–water partition coefficient (Wildman–Crippen LogP) is 12.4. The van der Waals surface area contributed by atoms with Gasteiger partial charge < -0.3 is 0 Å². The zero-order valence-electron chi connectivity index (χ0n) is 16.4. The molecule has 0 unspecified atom stereocenters. The Hall–Kier alpha value is 3.34. The first-order chi connectivity index (χ1) is 16.3. The molecule has 6 rings (SSSR count). The number of fused-ring (bicyclic) bond motifs is 14. The Morgan fingerprint density at radius 1 is 0.361 bits per heavy atom. The lowest BCUT2D eigenvalue weighted by atomic mass is 9.57. The second-order valence-corrected chi connectivity index (χ2v) is 17.4. The van der Waals surface area contributed by atoms with Crippen molar-refractivity contribution in [2.24, 2.45) is 11.8 Å². The molecule has 2 saturated carbocycles. The Labute approximate surface area is 285 Å². The number of hydrogen-bond acceptors (Lipinski definition) is 0. The van der Waals surface area contributed by atoms with Crippen molar-refractivity contribution >= 4 is 186 Å². The van der Waals surface area contributed by atoms with Crippen LogP contribution in [0.4, 0.5) is 0 Å². The van der Waals surface area contributed by atoms with Gasteiger partial charge in [-0.15, -0.1) is 46.4 Å². The summed E-state index contributed by atoms with van der Waals surface area (Å²) in [5.74, 6) is -3.84. The van der Waals surface area contributed by atoms with E-state index in [1.165, 1.54) is 0 Å². The van der Waals surface area contributed by atoms with Gasteiger partial charge in [0.05, 0.1) is 40.2 Å². The molecule has 36 heavy (non-hydrogen) atoms. The fraction of sp³-hybridized carbons (Fsp3) is 0.500. The Bertz CT molecular complexity index is 1280. The standard InChI is InChI=1S/C20H4Cl16/c21-7-1-2(8(22)10(24)9(7)23)4-6(18(32)14(28)12(26)16(4,30)20(18,35)36)5-3(1)15(29)11(25)13(27)17(5,31)19(15,33)34/h3-6H/t3-,4-,5-,6+,15+,16-,17+,18-/m0/s1. The van der Waals surface area contributed by atoms with Gasteiger partial charge in [0.1, 0.15) is 19.5 Å². The third-order valence-corrected chi connectivity index (χ3v) is 18.7. The third kappa shape index (κ3) is 2.54. The molecule has 16 heteroatoms. The van der Waals surface area contributed by atoms with Crippen LogP contribution in [0.25, 0.3) is 0 Å². The summed E-state index contributed by atoms with van der Waals surface area (Å²) in [6.45, 7) is 0. The highest BCUT2D eigenvalue weighted by molar-refractivity contribution is 6.68. The zero-order chi connectivity index (χ0) is 27.1. The van der Waals surface area contributed by atoms with Crippen molar-refractivity contribution in [3.63, 3.8) is 0 Å². The van der Waals surface area contributed by atoms with E-state index in [1.807, 2.05) is 0 Å². The molecule has 0 aliphatic heterocycles. The van der Waals surface area contributed by atoms with Crippen molar-refractivity contribution in [1.82, 2.24) is 0 Å². The molecular formula is C20H4Cl16.